The molecule has 1 aromatic rings. The van der Waals surface area contributed by atoms with Gasteiger partial charge in [0.1, 0.15) is 0 Å². The van der Waals surface area contributed by atoms with Crippen molar-refractivity contribution in [3.8, 4) is 0 Å². The Morgan fingerprint density at radius 3 is 2.84 bits per heavy atom. The van der Waals surface area contributed by atoms with Crippen molar-refractivity contribution in [1.82, 2.24) is 9.78 Å². The Morgan fingerprint density at radius 2 is 2.37 bits per heavy atom. The van der Waals surface area contributed by atoms with Gasteiger partial charge >= 0.3 is 5.97 Å². The molecule has 1 unspecified atom stereocenters. The van der Waals surface area contributed by atoms with Crippen molar-refractivity contribution < 1.29 is 9.53 Å². The molecule has 0 bridgehead atoms. The summed E-state index contributed by atoms with van der Waals surface area (Å²) in [4.78, 5) is 12.1. The van der Waals surface area contributed by atoms with Crippen LogP contribution >= 0.6 is 0 Å². The number of rotatable bonds is 7. The summed E-state index contributed by atoms with van der Waals surface area (Å²) in [6, 6.07) is 0. The maximum atomic E-state index is 12.1. The molecule has 0 radical (unpaired) electrons. The lowest BCUT2D eigenvalue weighted by molar-refractivity contribution is -0.153. The van der Waals surface area contributed by atoms with Crippen LogP contribution in [-0.4, -0.2) is 29.4 Å². The second kappa shape index (κ2) is 5.74. The van der Waals surface area contributed by atoms with Gasteiger partial charge in [-0.1, -0.05) is 12.8 Å². The highest BCUT2D eigenvalue weighted by Crippen LogP contribution is 2.42. The zero-order chi connectivity index (χ0) is 13.9. The molecule has 106 valence electrons. The number of aryl methyl sites for hydroxylation is 2. The first kappa shape index (κ1) is 14.1. The van der Waals surface area contributed by atoms with Gasteiger partial charge in [0, 0.05) is 19.8 Å². The number of carbonyl (C=O) groups is 1. The zero-order valence-electron chi connectivity index (χ0n) is 11.8. The highest BCUT2D eigenvalue weighted by atomic mass is 16.5. The van der Waals surface area contributed by atoms with Gasteiger partial charge in [0.2, 0.25) is 0 Å². The number of ether oxygens (including phenoxy) is 1. The quantitative estimate of drug-likeness (QED) is 0.754. The summed E-state index contributed by atoms with van der Waals surface area (Å²) in [6.45, 7) is 0.358. The summed E-state index contributed by atoms with van der Waals surface area (Å²) in [5.74, 6) is 0.488. The monoisotopic (exact) mass is 265 g/mol. The number of hydrogen-bond acceptors (Lipinski definition) is 4. The summed E-state index contributed by atoms with van der Waals surface area (Å²) in [7, 11) is 3.34. The Bertz CT molecular complexity index is 440. The van der Waals surface area contributed by atoms with E-state index in [1.807, 2.05) is 19.4 Å². The molecule has 0 saturated heterocycles. The van der Waals surface area contributed by atoms with E-state index in [1.165, 1.54) is 20.0 Å². The fraction of sp³-hybridized carbons (Fsp3) is 0.714. The van der Waals surface area contributed by atoms with E-state index >= 15 is 0 Å². The lowest BCUT2D eigenvalue weighted by Crippen LogP contribution is -2.40. The summed E-state index contributed by atoms with van der Waals surface area (Å²) in [5, 5.41) is 4.15. The number of nitrogens with zero attached hydrogens (tertiary/aromatic N) is 2. The number of esters is 1. The van der Waals surface area contributed by atoms with Crippen molar-refractivity contribution in [3.05, 3.63) is 18.0 Å². The first-order valence-corrected chi connectivity index (χ1v) is 6.85. The molecule has 0 amide bonds. The van der Waals surface area contributed by atoms with E-state index in [1.54, 1.807) is 4.68 Å². The molecule has 0 aromatic carbocycles. The Balaban J connectivity index is 2.04. The van der Waals surface area contributed by atoms with Crippen LogP contribution < -0.4 is 5.73 Å². The van der Waals surface area contributed by atoms with Gasteiger partial charge in [-0.3, -0.25) is 9.48 Å². The zero-order valence-corrected chi connectivity index (χ0v) is 11.8. The SMILES string of the molecule is COC(=O)C(CN)(CCc1cnn(C)c1)CC1CC1. The molecule has 1 aromatic heterocycles. The number of hydrogen-bond donors (Lipinski definition) is 1. The molecule has 5 nitrogen and oxygen atoms in total. The molecule has 5 heteroatoms. The summed E-state index contributed by atoms with van der Waals surface area (Å²) >= 11 is 0. The second-order valence-corrected chi connectivity index (χ2v) is 5.65. The van der Waals surface area contributed by atoms with E-state index in [0.29, 0.717) is 12.5 Å². The second-order valence-electron chi connectivity index (χ2n) is 5.65. The lowest BCUT2D eigenvalue weighted by Gasteiger charge is -2.29. The van der Waals surface area contributed by atoms with Crippen LogP contribution in [0.25, 0.3) is 0 Å². The van der Waals surface area contributed by atoms with Gasteiger partial charge in [0.25, 0.3) is 0 Å². The van der Waals surface area contributed by atoms with Crippen molar-refractivity contribution >= 4 is 5.97 Å². The first-order valence-electron chi connectivity index (χ1n) is 6.85. The Kier molecular flexibility index (Phi) is 4.24. The molecule has 2 rings (SSSR count). The maximum absolute atomic E-state index is 12.1. The fourth-order valence-corrected chi connectivity index (χ4v) is 2.63. The molecule has 1 saturated carbocycles. The summed E-state index contributed by atoms with van der Waals surface area (Å²) in [6.07, 6.45) is 8.66. The van der Waals surface area contributed by atoms with E-state index in [9.17, 15) is 4.79 Å². The van der Waals surface area contributed by atoms with Crippen molar-refractivity contribution in [2.45, 2.75) is 32.1 Å². The fourth-order valence-electron chi connectivity index (χ4n) is 2.63. The predicted octanol–water partition coefficient (Wildman–Crippen LogP) is 1.27. The van der Waals surface area contributed by atoms with E-state index < -0.39 is 5.41 Å². The number of carbonyl (C=O) groups excluding carboxylic acids is 1. The Morgan fingerprint density at radius 1 is 1.63 bits per heavy atom. The lowest BCUT2D eigenvalue weighted by atomic mass is 9.77. The van der Waals surface area contributed by atoms with Gasteiger partial charge in [0.15, 0.2) is 0 Å². The van der Waals surface area contributed by atoms with Crippen LogP contribution in [0.5, 0.6) is 0 Å². The van der Waals surface area contributed by atoms with Crippen LogP contribution in [0.15, 0.2) is 12.4 Å². The van der Waals surface area contributed by atoms with Crippen LogP contribution in [0.4, 0.5) is 0 Å². The third-order valence-corrected chi connectivity index (χ3v) is 4.04. The van der Waals surface area contributed by atoms with Crippen molar-refractivity contribution in [3.63, 3.8) is 0 Å². The van der Waals surface area contributed by atoms with Gasteiger partial charge in [-0.2, -0.15) is 5.10 Å². The van der Waals surface area contributed by atoms with E-state index in [-0.39, 0.29) is 5.97 Å². The van der Waals surface area contributed by atoms with E-state index in [4.69, 9.17) is 10.5 Å². The van der Waals surface area contributed by atoms with Gasteiger partial charge in [-0.05, 0) is 30.7 Å². The van der Waals surface area contributed by atoms with Gasteiger partial charge in [-0.15, -0.1) is 0 Å². The van der Waals surface area contributed by atoms with Crippen LogP contribution in [0, 0.1) is 11.3 Å². The molecule has 2 N–H and O–H groups in total. The minimum absolute atomic E-state index is 0.161. The molecule has 19 heavy (non-hydrogen) atoms. The molecular formula is C14H23N3O2. The van der Waals surface area contributed by atoms with E-state index in [2.05, 4.69) is 5.10 Å². The van der Waals surface area contributed by atoms with Crippen LogP contribution in [0.1, 0.15) is 31.2 Å². The Hall–Kier alpha value is -1.36. The molecule has 1 aliphatic carbocycles. The predicted molar refractivity (Wildman–Crippen MR) is 72.4 cm³/mol. The maximum Gasteiger partial charge on any atom is 0.313 e. The largest absolute Gasteiger partial charge is 0.469 e. The van der Waals surface area contributed by atoms with Crippen LogP contribution in [-0.2, 0) is 23.0 Å². The minimum Gasteiger partial charge on any atom is -0.469 e. The molecule has 1 fully saturated rings. The van der Waals surface area contributed by atoms with Crippen molar-refractivity contribution in [2.75, 3.05) is 13.7 Å². The van der Waals surface area contributed by atoms with Gasteiger partial charge in [0.05, 0.1) is 18.7 Å². The normalized spacial score (nSPS) is 18.1. The van der Waals surface area contributed by atoms with Gasteiger partial charge in [-0.25, -0.2) is 0 Å². The van der Waals surface area contributed by atoms with Crippen molar-refractivity contribution in [2.24, 2.45) is 24.1 Å². The average molecular weight is 265 g/mol. The highest BCUT2D eigenvalue weighted by Gasteiger charge is 2.42. The van der Waals surface area contributed by atoms with E-state index in [0.717, 1.165) is 24.8 Å². The third-order valence-electron chi connectivity index (χ3n) is 4.04. The summed E-state index contributed by atoms with van der Waals surface area (Å²) < 4.78 is 6.77. The first-order chi connectivity index (χ1) is 9.09. The molecule has 1 heterocycles. The minimum atomic E-state index is -0.522. The summed E-state index contributed by atoms with van der Waals surface area (Å²) in [5.41, 5.74) is 6.52. The van der Waals surface area contributed by atoms with Crippen LogP contribution in [0.3, 0.4) is 0 Å². The highest BCUT2D eigenvalue weighted by molar-refractivity contribution is 5.77. The molecule has 0 spiro atoms. The Labute approximate surface area is 114 Å². The third kappa shape index (κ3) is 3.35. The topological polar surface area (TPSA) is 70.1 Å². The van der Waals surface area contributed by atoms with Crippen LogP contribution in [0.2, 0.25) is 0 Å². The molecule has 0 aliphatic heterocycles. The smallest absolute Gasteiger partial charge is 0.313 e. The van der Waals surface area contributed by atoms with Crippen molar-refractivity contribution in [1.29, 1.82) is 0 Å². The number of nitrogens with two attached hydrogens (primary N) is 1. The molecule has 1 atom stereocenters. The molecular weight excluding hydrogens is 242 g/mol. The van der Waals surface area contributed by atoms with Gasteiger partial charge < -0.3 is 10.5 Å². The molecule has 1 aliphatic rings. The standard InChI is InChI=1S/C14H23N3O2/c1-17-9-12(8-16-17)5-6-14(10-15,13(18)19-2)7-11-3-4-11/h8-9,11H,3-7,10,15H2,1-2H3. The number of aromatic nitrogens is 2. The number of methoxy groups -OCH3 is 1. The average Bonchev–Trinajstić information content (AvgIpc) is 3.14.